The molecule has 0 spiro atoms. The lowest BCUT2D eigenvalue weighted by Crippen LogP contribution is -2.12. The van der Waals surface area contributed by atoms with Gasteiger partial charge in [-0.25, -0.2) is 0 Å². The first-order valence-corrected chi connectivity index (χ1v) is 4.89. The molecule has 0 saturated heterocycles. The molecule has 1 aromatic heterocycles. The Kier molecular flexibility index (Phi) is 4.46. The van der Waals surface area contributed by atoms with Crippen LogP contribution in [-0.2, 0) is 13.1 Å². The number of hydrogen-bond acceptors (Lipinski definition) is 3. The Morgan fingerprint density at radius 3 is 3.00 bits per heavy atom. The van der Waals surface area contributed by atoms with E-state index in [1.807, 2.05) is 13.4 Å². The minimum atomic E-state index is 0.798. The van der Waals surface area contributed by atoms with Crippen LogP contribution in [0.1, 0.15) is 32.0 Å². The second-order valence-electron chi connectivity index (χ2n) is 3.18. The Bertz CT molecular complexity index is 231. The van der Waals surface area contributed by atoms with Gasteiger partial charge in [-0.1, -0.05) is 19.8 Å². The van der Waals surface area contributed by atoms with Crippen LogP contribution >= 0.6 is 0 Å². The molecular formula is C9H18N4. The second kappa shape index (κ2) is 5.70. The average molecular weight is 182 g/mol. The Morgan fingerprint density at radius 2 is 2.31 bits per heavy atom. The lowest BCUT2D eigenvalue weighted by molar-refractivity contribution is 0.569. The molecule has 0 aliphatic heterocycles. The first-order chi connectivity index (χ1) is 6.38. The molecule has 1 aromatic rings. The fourth-order valence-corrected chi connectivity index (χ4v) is 1.29. The summed E-state index contributed by atoms with van der Waals surface area (Å²) in [7, 11) is 1.92. The van der Waals surface area contributed by atoms with Gasteiger partial charge >= 0.3 is 0 Å². The molecule has 0 radical (unpaired) electrons. The van der Waals surface area contributed by atoms with Crippen LogP contribution in [0.4, 0.5) is 0 Å². The van der Waals surface area contributed by atoms with Gasteiger partial charge in [0.2, 0.25) is 0 Å². The molecule has 0 unspecified atom stereocenters. The molecule has 0 aliphatic carbocycles. The third kappa shape index (κ3) is 3.14. The number of aryl methyl sites for hydroxylation is 1. The third-order valence-electron chi connectivity index (χ3n) is 2.03. The quantitative estimate of drug-likeness (QED) is 0.672. The molecule has 4 nitrogen and oxygen atoms in total. The van der Waals surface area contributed by atoms with Gasteiger partial charge in [-0.15, -0.1) is 10.2 Å². The number of aromatic nitrogens is 3. The summed E-state index contributed by atoms with van der Waals surface area (Å²) in [4.78, 5) is 0. The maximum atomic E-state index is 4.04. The van der Waals surface area contributed by atoms with Crippen molar-refractivity contribution in [1.29, 1.82) is 0 Å². The highest BCUT2D eigenvalue weighted by Crippen LogP contribution is 2.00. The van der Waals surface area contributed by atoms with E-state index in [1.54, 1.807) is 0 Å². The largest absolute Gasteiger partial charge is 0.317 e. The van der Waals surface area contributed by atoms with Crippen molar-refractivity contribution in [3.63, 3.8) is 0 Å². The third-order valence-corrected chi connectivity index (χ3v) is 2.03. The smallest absolute Gasteiger partial charge is 0.146 e. The maximum absolute atomic E-state index is 4.04. The van der Waals surface area contributed by atoms with Crippen LogP contribution < -0.4 is 5.32 Å². The van der Waals surface area contributed by atoms with E-state index < -0.39 is 0 Å². The summed E-state index contributed by atoms with van der Waals surface area (Å²) >= 11 is 0. The predicted molar refractivity (Wildman–Crippen MR) is 52.3 cm³/mol. The summed E-state index contributed by atoms with van der Waals surface area (Å²) in [6.07, 6.45) is 5.55. The summed E-state index contributed by atoms with van der Waals surface area (Å²) in [5.74, 6) is 1.03. The highest BCUT2D eigenvalue weighted by Gasteiger charge is 2.01. The van der Waals surface area contributed by atoms with Crippen molar-refractivity contribution >= 4 is 0 Å². The van der Waals surface area contributed by atoms with E-state index in [-0.39, 0.29) is 0 Å². The minimum absolute atomic E-state index is 0.798. The minimum Gasteiger partial charge on any atom is -0.317 e. The van der Waals surface area contributed by atoms with E-state index in [0.29, 0.717) is 0 Å². The number of nitrogens with zero attached hydrogens (tertiary/aromatic N) is 3. The van der Waals surface area contributed by atoms with Crippen LogP contribution in [0.3, 0.4) is 0 Å². The molecule has 0 amide bonds. The molecule has 0 bridgehead atoms. The van der Waals surface area contributed by atoms with Gasteiger partial charge in [0.25, 0.3) is 0 Å². The van der Waals surface area contributed by atoms with Gasteiger partial charge in [-0.3, -0.25) is 0 Å². The summed E-state index contributed by atoms with van der Waals surface area (Å²) < 4.78 is 2.12. The lowest BCUT2D eigenvalue weighted by Gasteiger charge is -2.04. The zero-order valence-electron chi connectivity index (χ0n) is 8.45. The van der Waals surface area contributed by atoms with Crippen molar-refractivity contribution in [3.8, 4) is 0 Å². The molecule has 1 heterocycles. The normalized spacial score (nSPS) is 10.6. The number of hydrogen-bond donors (Lipinski definition) is 1. The molecule has 4 heteroatoms. The first-order valence-electron chi connectivity index (χ1n) is 4.89. The highest BCUT2D eigenvalue weighted by atomic mass is 15.3. The fraction of sp³-hybridized carbons (Fsp3) is 0.778. The summed E-state index contributed by atoms with van der Waals surface area (Å²) in [5, 5.41) is 11.0. The zero-order valence-corrected chi connectivity index (χ0v) is 8.45. The second-order valence-corrected chi connectivity index (χ2v) is 3.18. The predicted octanol–water partition coefficient (Wildman–Crippen LogP) is 1.19. The molecule has 1 N–H and O–H groups in total. The Labute approximate surface area is 79.4 Å². The summed E-state index contributed by atoms with van der Waals surface area (Å²) in [6.45, 7) is 4.05. The van der Waals surface area contributed by atoms with Crippen molar-refractivity contribution in [2.24, 2.45) is 0 Å². The molecular weight excluding hydrogens is 164 g/mol. The van der Waals surface area contributed by atoms with Crippen LogP contribution in [0.5, 0.6) is 0 Å². The van der Waals surface area contributed by atoms with Gasteiger partial charge in [0.1, 0.15) is 12.2 Å². The number of rotatable bonds is 6. The Balaban J connectivity index is 2.40. The molecule has 13 heavy (non-hydrogen) atoms. The van der Waals surface area contributed by atoms with Gasteiger partial charge in [-0.2, -0.15) is 0 Å². The molecule has 0 atom stereocenters. The molecule has 0 fully saturated rings. The van der Waals surface area contributed by atoms with Crippen LogP contribution in [-0.4, -0.2) is 21.8 Å². The van der Waals surface area contributed by atoms with Crippen molar-refractivity contribution in [2.75, 3.05) is 7.05 Å². The standard InChI is InChI=1S/C9H18N4/c1-3-4-5-6-13-8-11-12-9(13)7-10-2/h8,10H,3-7H2,1-2H3. The van der Waals surface area contributed by atoms with Gasteiger partial charge < -0.3 is 9.88 Å². The van der Waals surface area contributed by atoms with E-state index in [4.69, 9.17) is 0 Å². The van der Waals surface area contributed by atoms with Crippen molar-refractivity contribution in [1.82, 2.24) is 20.1 Å². The van der Waals surface area contributed by atoms with Crippen molar-refractivity contribution in [2.45, 2.75) is 39.3 Å². The van der Waals surface area contributed by atoms with Crippen LogP contribution in [0.25, 0.3) is 0 Å². The summed E-state index contributed by atoms with van der Waals surface area (Å²) in [5.41, 5.74) is 0. The topological polar surface area (TPSA) is 42.7 Å². The molecule has 74 valence electrons. The van der Waals surface area contributed by atoms with Gasteiger partial charge in [0, 0.05) is 6.54 Å². The van der Waals surface area contributed by atoms with Crippen molar-refractivity contribution < 1.29 is 0 Å². The number of unbranched alkanes of at least 4 members (excludes halogenated alkanes) is 2. The van der Waals surface area contributed by atoms with Gasteiger partial charge in [-0.05, 0) is 13.5 Å². The van der Waals surface area contributed by atoms with Crippen LogP contribution in [0.15, 0.2) is 6.33 Å². The SMILES string of the molecule is CCCCCn1cnnc1CNC. The molecule has 0 aliphatic rings. The van der Waals surface area contributed by atoms with Crippen LogP contribution in [0, 0.1) is 0 Å². The fourth-order valence-electron chi connectivity index (χ4n) is 1.29. The van der Waals surface area contributed by atoms with E-state index in [9.17, 15) is 0 Å². The van der Waals surface area contributed by atoms with E-state index in [2.05, 4.69) is 27.0 Å². The molecule has 1 rings (SSSR count). The average Bonchev–Trinajstić information content (AvgIpc) is 2.54. The Hall–Kier alpha value is -0.900. The highest BCUT2D eigenvalue weighted by molar-refractivity contribution is 4.84. The molecule has 0 saturated carbocycles. The van der Waals surface area contributed by atoms with E-state index in [1.165, 1.54) is 19.3 Å². The van der Waals surface area contributed by atoms with Gasteiger partial charge in [0.15, 0.2) is 0 Å². The van der Waals surface area contributed by atoms with Crippen molar-refractivity contribution in [3.05, 3.63) is 12.2 Å². The van der Waals surface area contributed by atoms with Gasteiger partial charge in [0.05, 0.1) is 6.54 Å². The first kappa shape index (κ1) is 10.2. The maximum Gasteiger partial charge on any atom is 0.146 e. The van der Waals surface area contributed by atoms with E-state index >= 15 is 0 Å². The number of nitrogens with one attached hydrogen (secondary N) is 1. The van der Waals surface area contributed by atoms with Crippen LogP contribution in [0.2, 0.25) is 0 Å². The Morgan fingerprint density at radius 1 is 1.46 bits per heavy atom. The zero-order chi connectivity index (χ0) is 9.52. The summed E-state index contributed by atoms with van der Waals surface area (Å²) in [6, 6.07) is 0. The monoisotopic (exact) mass is 182 g/mol. The van der Waals surface area contributed by atoms with E-state index in [0.717, 1.165) is 18.9 Å². The molecule has 0 aromatic carbocycles. The lowest BCUT2D eigenvalue weighted by atomic mass is 10.2.